The summed E-state index contributed by atoms with van der Waals surface area (Å²) in [6, 6.07) is 0. The second kappa shape index (κ2) is 6.19. The largest absolute Gasteiger partial charge is 0.396 e. The van der Waals surface area contributed by atoms with E-state index in [1.807, 2.05) is 20.8 Å². The number of aliphatic hydroxyl groups is 1. The first-order valence-electron chi connectivity index (χ1n) is 6.86. The minimum absolute atomic E-state index is 0.147. The van der Waals surface area contributed by atoms with E-state index >= 15 is 0 Å². The van der Waals surface area contributed by atoms with Crippen LogP contribution in [0.25, 0.3) is 0 Å². The molecule has 1 rings (SSSR count). The number of hydrogen-bond acceptors (Lipinski definition) is 5. The zero-order valence-electron chi connectivity index (χ0n) is 12.6. The second-order valence-electron chi connectivity index (χ2n) is 5.61. The number of hydrogen-bond donors (Lipinski definition) is 3. The third-order valence-electron chi connectivity index (χ3n) is 3.58. The zero-order chi connectivity index (χ0) is 14.6. The molecule has 0 bridgehead atoms. The maximum Gasteiger partial charge on any atom is 0.135 e. The Kier molecular flexibility index (Phi) is 5.11. The highest BCUT2D eigenvalue weighted by molar-refractivity contribution is 5.56. The van der Waals surface area contributed by atoms with Gasteiger partial charge in [0, 0.05) is 23.6 Å². The molecule has 1 unspecified atom stereocenters. The summed E-state index contributed by atoms with van der Waals surface area (Å²) in [5.41, 5.74) is 6.63. The number of aliphatic hydroxyl groups excluding tert-OH is 1. The van der Waals surface area contributed by atoms with Crippen molar-refractivity contribution in [1.82, 2.24) is 9.97 Å². The highest BCUT2D eigenvalue weighted by Gasteiger charge is 2.23. The molecule has 1 aromatic rings. The molecule has 0 saturated carbocycles. The molecule has 0 saturated heterocycles. The minimum atomic E-state index is -0.186. The zero-order valence-corrected chi connectivity index (χ0v) is 12.6. The highest BCUT2D eigenvalue weighted by Crippen LogP contribution is 2.26. The van der Waals surface area contributed by atoms with Crippen molar-refractivity contribution in [3.63, 3.8) is 0 Å². The van der Waals surface area contributed by atoms with Gasteiger partial charge in [0.25, 0.3) is 0 Å². The predicted molar refractivity (Wildman–Crippen MR) is 79.3 cm³/mol. The SMILES string of the molecule is CCC(C)(CCO)Nc1nc(C(C)C)nc(N)c1C. The molecule has 1 heterocycles. The van der Waals surface area contributed by atoms with Crippen LogP contribution in [0.1, 0.15) is 57.8 Å². The van der Waals surface area contributed by atoms with E-state index in [4.69, 9.17) is 5.73 Å². The molecule has 5 nitrogen and oxygen atoms in total. The number of rotatable bonds is 6. The van der Waals surface area contributed by atoms with Gasteiger partial charge >= 0.3 is 0 Å². The number of nitrogen functional groups attached to an aromatic ring is 1. The van der Waals surface area contributed by atoms with Gasteiger partial charge < -0.3 is 16.2 Å². The summed E-state index contributed by atoms with van der Waals surface area (Å²) in [4.78, 5) is 8.88. The van der Waals surface area contributed by atoms with E-state index in [2.05, 4.69) is 29.1 Å². The van der Waals surface area contributed by atoms with E-state index in [0.29, 0.717) is 12.2 Å². The number of nitrogens with one attached hydrogen (secondary N) is 1. The molecule has 0 fully saturated rings. The van der Waals surface area contributed by atoms with E-state index in [0.717, 1.165) is 23.6 Å². The van der Waals surface area contributed by atoms with Crippen LogP contribution in [0.5, 0.6) is 0 Å². The van der Waals surface area contributed by atoms with E-state index in [-0.39, 0.29) is 18.1 Å². The van der Waals surface area contributed by atoms with Gasteiger partial charge in [0.15, 0.2) is 0 Å². The molecule has 1 aromatic heterocycles. The average molecular weight is 266 g/mol. The molecule has 0 radical (unpaired) electrons. The van der Waals surface area contributed by atoms with Crippen molar-refractivity contribution in [2.45, 2.75) is 58.9 Å². The maximum atomic E-state index is 9.18. The molecule has 0 aromatic carbocycles. The molecule has 0 aliphatic carbocycles. The molecular formula is C14H26N4O. The summed E-state index contributed by atoms with van der Waals surface area (Å²) in [6.07, 6.45) is 1.57. The van der Waals surface area contributed by atoms with Gasteiger partial charge in [-0.05, 0) is 26.7 Å². The number of nitrogens with zero attached hydrogens (tertiary/aromatic N) is 2. The van der Waals surface area contributed by atoms with E-state index in [1.165, 1.54) is 0 Å². The maximum absolute atomic E-state index is 9.18. The fourth-order valence-corrected chi connectivity index (χ4v) is 1.79. The smallest absolute Gasteiger partial charge is 0.135 e. The molecule has 1 atom stereocenters. The van der Waals surface area contributed by atoms with Crippen molar-refractivity contribution in [2.24, 2.45) is 0 Å². The Morgan fingerprint density at radius 3 is 2.47 bits per heavy atom. The Balaban J connectivity index is 3.12. The Morgan fingerprint density at radius 1 is 1.37 bits per heavy atom. The molecule has 0 amide bonds. The normalized spacial score (nSPS) is 14.5. The Hall–Kier alpha value is -1.36. The fraction of sp³-hybridized carbons (Fsp3) is 0.714. The highest BCUT2D eigenvalue weighted by atomic mass is 16.3. The van der Waals surface area contributed by atoms with Crippen LogP contribution in [0.15, 0.2) is 0 Å². The fourth-order valence-electron chi connectivity index (χ4n) is 1.79. The summed E-state index contributed by atoms with van der Waals surface area (Å²) in [5, 5.41) is 12.6. The topological polar surface area (TPSA) is 84.1 Å². The summed E-state index contributed by atoms with van der Waals surface area (Å²) >= 11 is 0. The minimum Gasteiger partial charge on any atom is -0.396 e. The van der Waals surface area contributed by atoms with Gasteiger partial charge in [-0.15, -0.1) is 0 Å². The van der Waals surface area contributed by atoms with Crippen LogP contribution < -0.4 is 11.1 Å². The summed E-state index contributed by atoms with van der Waals surface area (Å²) in [5.74, 6) is 2.26. The summed E-state index contributed by atoms with van der Waals surface area (Å²) in [6.45, 7) is 10.3. The molecule has 19 heavy (non-hydrogen) atoms. The van der Waals surface area contributed by atoms with Crippen LogP contribution in [0.3, 0.4) is 0 Å². The first kappa shape index (κ1) is 15.7. The molecule has 5 heteroatoms. The lowest BCUT2D eigenvalue weighted by Gasteiger charge is -2.30. The van der Waals surface area contributed by atoms with Crippen molar-refractivity contribution >= 4 is 11.6 Å². The lowest BCUT2D eigenvalue weighted by atomic mass is 9.94. The first-order valence-corrected chi connectivity index (χ1v) is 6.86. The number of anilines is 2. The molecule has 108 valence electrons. The molecule has 0 aliphatic heterocycles. The van der Waals surface area contributed by atoms with Gasteiger partial charge in [-0.25, -0.2) is 9.97 Å². The van der Waals surface area contributed by atoms with Gasteiger partial charge in [0.2, 0.25) is 0 Å². The third kappa shape index (κ3) is 3.80. The summed E-state index contributed by atoms with van der Waals surface area (Å²) in [7, 11) is 0. The van der Waals surface area contributed by atoms with Crippen LogP contribution in [0.2, 0.25) is 0 Å². The average Bonchev–Trinajstić information content (AvgIpc) is 2.34. The van der Waals surface area contributed by atoms with Gasteiger partial charge in [-0.2, -0.15) is 0 Å². The van der Waals surface area contributed by atoms with E-state index in [1.54, 1.807) is 0 Å². The lowest BCUT2D eigenvalue weighted by molar-refractivity contribution is 0.251. The second-order valence-corrected chi connectivity index (χ2v) is 5.61. The van der Waals surface area contributed by atoms with Crippen molar-refractivity contribution < 1.29 is 5.11 Å². The van der Waals surface area contributed by atoms with Crippen LogP contribution in [-0.4, -0.2) is 27.2 Å². The quantitative estimate of drug-likeness (QED) is 0.736. The van der Waals surface area contributed by atoms with Crippen LogP contribution >= 0.6 is 0 Å². The van der Waals surface area contributed by atoms with Crippen LogP contribution in [0.4, 0.5) is 11.6 Å². The Labute approximate surface area is 115 Å². The van der Waals surface area contributed by atoms with E-state index < -0.39 is 0 Å². The molecular weight excluding hydrogens is 240 g/mol. The predicted octanol–water partition coefficient (Wildman–Crippen LogP) is 2.45. The van der Waals surface area contributed by atoms with Crippen molar-refractivity contribution in [3.05, 3.63) is 11.4 Å². The van der Waals surface area contributed by atoms with Gasteiger partial charge in [-0.3, -0.25) is 0 Å². The lowest BCUT2D eigenvalue weighted by Crippen LogP contribution is -2.36. The number of aromatic nitrogens is 2. The van der Waals surface area contributed by atoms with Gasteiger partial charge in [-0.1, -0.05) is 20.8 Å². The van der Waals surface area contributed by atoms with Gasteiger partial charge in [0.05, 0.1) is 0 Å². The monoisotopic (exact) mass is 266 g/mol. The summed E-state index contributed by atoms with van der Waals surface area (Å²) < 4.78 is 0. The number of nitrogens with two attached hydrogens (primary N) is 1. The van der Waals surface area contributed by atoms with Crippen molar-refractivity contribution in [2.75, 3.05) is 17.7 Å². The third-order valence-corrected chi connectivity index (χ3v) is 3.58. The van der Waals surface area contributed by atoms with Crippen molar-refractivity contribution in [3.8, 4) is 0 Å². The van der Waals surface area contributed by atoms with E-state index in [9.17, 15) is 5.11 Å². The molecule has 4 N–H and O–H groups in total. The van der Waals surface area contributed by atoms with Crippen LogP contribution in [0, 0.1) is 6.92 Å². The first-order chi connectivity index (χ1) is 8.83. The van der Waals surface area contributed by atoms with Crippen molar-refractivity contribution in [1.29, 1.82) is 0 Å². The van der Waals surface area contributed by atoms with Crippen LogP contribution in [-0.2, 0) is 0 Å². The Bertz CT molecular complexity index is 434. The Morgan fingerprint density at radius 2 is 2.00 bits per heavy atom. The van der Waals surface area contributed by atoms with Gasteiger partial charge in [0.1, 0.15) is 17.5 Å². The molecule has 0 spiro atoms. The molecule has 0 aliphatic rings. The standard InChI is InChI=1S/C14H26N4O/c1-6-14(5,7-8-19)18-13-10(4)11(15)16-12(17-13)9(2)3/h9,19H,6-8H2,1-5H3,(H3,15,16,17,18).